The maximum atomic E-state index is 5.79. The molecule has 2 N–H and O–H groups in total. The van der Waals surface area contributed by atoms with Crippen molar-refractivity contribution >= 4 is 5.82 Å². The first-order chi connectivity index (χ1) is 8.70. The predicted molar refractivity (Wildman–Crippen MR) is 65.7 cm³/mol. The fourth-order valence-electron chi connectivity index (χ4n) is 1.96. The summed E-state index contributed by atoms with van der Waals surface area (Å²) in [6, 6.07) is 5.51. The van der Waals surface area contributed by atoms with Gasteiger partial charge in [0.25, 0.3) is 0 Å². The van der Waals surface area contributed by atoms with Crippen LogP contribution in [0.3, 0.4) is 0 Å². The molecule has 0 unspecified atom stereocenters. The molecule has 0 aliphatic carbocycles. The van der Waals surface area contributed by atoms with Gasteiger partial charge in [-0.25, -0.2) is 0 Å². The van der Waals surface area contributed by atoms with Crippen LogP contribution in [0.2, 0.25) is 0 Å². The van der Waals surface area contributed by atoms with Gasteiger partial charge in [0, 0.05) is 18.7 Å². The molecule has 94 valence electrons. The molecule has 0 radical (unpaired) electrons. The lowest BCUT2D eigenvalue weighted by molar-refractivity contribution is 0.171. The van der Waals surface area contributed by atoms with Crippen molar-refractivity contribution in [2.75, 3.05) is 19.6 Å². The first kappa shape index (κ1) is 10.8. The van der Waals surface area contributed by atoms with Gasteiger partial charge in [-0.1, -0.05) is 0 Å². The normalized spacial score (nSPS) is 12.8. The van der Waals surface area contributed by atoms with E-state index in [1.165, 1.54) is 0 Å². The highest BCUT2D eigenvalue weighted by molar-refractivity contribution is 5.75. The molecule has 0 atom stereocenters. The molecule has 0 saturated carbocycles. The van der Waals surface area contributed by atoms with Crippen molar-refractivity contribution in [3.8, 4) is 28.5 Å². The van der Waals surface area contributed by atoms with Gasteiger partial charge < -0.3 is 19.9 Å². The zero-order chi connectivity index (χ0) is 12.7. The molecule has 18 heavy (non-hydrogen) atoms. The van der Waals surface area contributed by atoms with E-state index in [-0.39, 0.29) is 6.79 Å². The van der Waals surface area contributed by atoms with E-state index in [1.807, 2.05) is 12.1 Å². The van der Waals surface area contributed by atoms with Crippen molar-refractivity contribution in [2.45, 2.75) is 0 Å². The van der Waals surface area contributed by atoms with E-state index in [4.69, 9.17) is 19.9 Å². The van der Waals surface area contributed by atoms with Crippen LogP contribution >= 0.6 is 0 Å². The molecule has 6 nitrogen and oxygen atoms in total. The number of aryl methyl sites for hydroxylation is 1. The minimum absolute atomic E-state index is 0.208. The Morgan fingerprint density at radius 3 is 2.89 bits per heavy atom. The van der Waals surface area contributed by atoms with Crippen molar-refractivity contribution in [1.29, 1.82) is 0 Å². The molecule has 2 aromatic rings. The monoisotopic (exact) mass is 247 g/mol. The maximum Gasteiger partial charge on any atom is 0.231 e. The topological polar surface area (TPSA) is 71.5 Å². The van der Waals surface area contributed by atoms with E-state index in [1.54, 1.807) is 24.9 Å². The highest BCUT2D eigenvalue weighted by Crippen LogP contribution is 2.46. The van der Waals surface area contributed by atoms with Crippen LogP contribution in [-0.4, -0.2) is 23.7 Å². The van der Waals surface area contributed by atoms with Gasteiger partial charge in [-0.05, 0) is 12.1 Å². The smallest absolute Gasteiger partial charge is 0.231 e. The standard InChI is InChI=1S/C12H13N3O3/c1-15-10(13)5-8(14-15)7-3-4-9-12(11(7)16-2)18-6-17-9/h3-5H,6,13H2,1-2H3. The fraction of sp³-hybridized carbons (Fsp3) is 0.250. The number of anilines is 1. The molecule has 2 heterocycles. The van der Waals surface area contributed by atoms with E-state index >= 15 is 0 Å². The van der Waals surface area contributed by atoms with Crippen molar-refractivity contribution in [1.82, 2.24) is 9.78 Å². The van der Waals surface area contributed by atoms with Crippen LogP contribution in [0.5, 0.6) is 17.2 Å². The molecule has 0 saturated heterocycles. The fourth-order valence-corrected chi connectivity index (χ4v) is 1.96. The average molecular weight is 247 g/mol. The molecular weight excluding hydrogens is 234 g/mol. The molecule has 0 spiro atoms. The van der Waals surface area contributed by atoms with E-state index in [9.17, 15) is 0 Å². The van der Waals surface area contributed by atoms with Crippen molar-refractivity contribution in [2.24, 2.45) is 7.05 Å². The van der Waals surface area contributed by atoms with Gasteiger partial charge in [0.2, 0.25) is 12.5 Å². The summed E-state index contributed by atoms with van der Waals surface area (Å²) in [5.74, 6) is 2.49. The molecule has 3 rings (SSSR count). The second-order valence-electron chi connectivity index (χ2n) is 3.96. The number of hydrogen-bond donors (Lipinski definition) is 1. The lowest BCUT2D eigenvalue weighted by Gasteiger charge is -2.08. The zero-order valence-electron chi connectivity index (χ0n) is 10.1. The molecule has 0 fully saturated rings. The Labute approximate surface area is 104 Å². The van der Waals surface area contributed by atoms with Crippen molar-refractivity contribution in [3.05, 3.63) is 18.2 Å². The number of nitrogen functional groups attached to an aromatic ring is 1. The van der Waals surface area contributed by atoms with E-state index < -0.39 is 0 Å². The number of nitrogens with zero attached hydrogens (tertiary/aromatic N) is 2. The number of aromatic nitrogens is 2. The van der Waals surface area contributed by atoms with Crippen molar-refractivity contribution < 1.29 is 14.2 Å². The third-order valence-corrected chi connectivity index (χ3v) is 2.89. The summed E-state index contributed by atoms with van der Waals surface area (Å²) in [6.07, 6.45) is 0. The van der Waals surface area contributed by atoms with Crippen molar-refractivity contribution in [3.63, 3.8) is 0 Å². The van der Waals surface area contributed by atoms with Gasteiger partial charge >= 0.3 is 0 Å². The summed E-state index contributed by atoms with van der Waals surface area (Å²) in [6.45, 7) is 0.208. The van der Waals surface area contributed by atoms with Crippen LogP contribution in [-0.2, 0) is 7.05 Å². The molecule has 0 amide bonds. The van der Waals surface area contributed by atoms with Crippen LogP contribution in [0.15, 0.2) is 18.2 Å². The summed E-state index contributed by atoms with van der Waals surface area (Å²) in [5.41, 5.74) is 7.35. The molecule has 6 heteroatoms. The van der Waals surface area contributed by atoms with Crippen LogP contribution in [0, 0.1) is 0 Å². The van der Waals surface area contributed by atoms with Gasteiger partial charge in [-0.3, -0.25) is 4.68 Å². The van der Waals surface area contributed by atoms with Gasteiger partial charge in [0.05, 0.1) is 12.8 Å². The minimum atomic E-state index is 0.208. The number of benzene rings is 1. The van der Waals surface area contributed by atoms with E-state index in [0.29, 0.717) is 23.1 Å². The summed E-state index contributed by atoms with van der Waals surface area (Å²) in [7, 11) is 3.38. The minimum Gasteiger partial charge on any atom is -0.492 e. The number of fused-ring (bicyclic) bond motifs is 1. The second-order valence-corrected chi connectivity index (χ2v) is 3.96. The summed E-state index contributed by atoms with van der Waals surface area (Å²) < 4.78 is 17.7. The van der Waals surface area contributed by atoms with Crippen LogP contribution in [0.4, 0.5) is 5.82 Å². The van der Waals surface area contributed by atoms with Crippen LogP contribution < -0.4 is 19.9 Å². The molecule has 1 aliphatic heterocycles. The number of methoxy groups -OCH3 is 1. The highest BCUT2D eigenvalue weighted by Gasteiger charge is 2.23. The Bertz CT molecular complexity index is 587. The Kier molecular flexibility index (Phi) is 2.29. The maximum absolute atomic E-state index is 5.79. The lowest BCUT2D eigenvalue weighted by Crippen LogP contribution is -1.97. The Hall–Kier alpha value is -2.37. The zero-order valence-corrected chi connectivity index (χ0v) is 10.1. The van der Waals surface area contributed by atoms with Gasteiger partial charge in [0.15, 0.2) is 11.5 Å². The number of nitrogens with two attached hydrogens (primary N) is 1. The Morgan fingerprint density at radius 1 is 1.39 bits per heavy atom. The molecule has 1 aliphatic rings. The van der Waals surface area contributed by atoms with Gasteiger partial charge in [0.1, 0.15) is 5.82 Å². The summed E-state index contributed by atoms with van der Waals surface area (Å²) >= 11 is 0. The Balaban J connectivity index is 2.17. The molecule has 1 aromatic carbocycles. The SMILES string of the molecule is COc1c(-c2cc(N)n(C)n2)ccc2c1OCO2. The van der Waals surface area contributed by atoms with Gasteiger partial charge in [-0.15, -0.1) is 0 Å². The van der Waals surface area contributed by atoms with Crippen LogP contribution in [0.25, 0.3) is 11.3 Å². The Morgan fingerprint density at radius 2 is 2.22 bits per heavy atom. The number of rotatable bonds is 2. The number of hydrogen-bond acceptors (Lipinski definition) is 5. The van der Waals surface area contributed by atoms with E-state index in [2.05, 4.69) is 5.10 Å². The third kappa shape index (κ3) is 1.46. The van der Waals surface area contributed by atoms with Crippen LogP contribution in [0.1, 0.15) is 0 Å². The predicted octanol–water partition coefficient (Wildman–Crippen LogP) is 1.41. The summed E-state index contributed by atoms with van der Waals surface area (Å²) in [4.78, 5) is 0. The van der Waals surface area contributed by atoms with E-state index in [0.717, 1.165) is 11.3 Å². The average Bonchev–Trinajstić information content (AvgIpc) is 2.95. The molecule has 1 aromatic heterocycles. The molecule has 0 bridgehead atoms. The van der Waals surface area contributed by atoms with Gasteiger partial charge in [-0.2, -0.15) is 5.10 Å². The highest BCUT2D eigenvalue weighted by atomic mass is 16.7. The third-order valence-electron chi connectivity index (χ3n) is 2.89. The second kappa shape index (κ2) is 3.83. The first-order valence-corrected chi connectivity index (χ1v) is 5.47. The summed E-state index contributed by atoms with van der Waals surface area (Å²) in [5, 5.41) is 4.33. The quantitative estimate of drug-likeness (QED) is 0.868. The first-order valence-electron chi connectivity index (χ1n) is 5.47. The largest absolute Gasteiger partial charge is 0.492 e. The lowest BCUT2D eigenvalue weighted by atomic mass is 10.1. The number of ether oxygens (including phenoxy) is 3. The molecular formula is C12H13N3O3.